The van der Waals surface area contributed by atoms with Gasteiger partial charge in [-0.25, -0.2) is 0 Å². The third kappa shape index (κ3) is 4.49. The van der Waals surface area contributed by atoms with E-state index in [1.165, 1.54) is 5.56 Å². The van der Waals surface area contributed by atoms with Crippen LogP contribution in [0.4, 0.5) is 0 Å². The first kappa shape index (κ1) is 14.7. The summed E-state index contributed by atoms with van der Waals surface area (Å²) < 4.78 is 0. The van der Waals surface area contributed by atoms with Gasteiger partial charge < -0.3 is 10.6 Å². The molecule has 1 aromatic rings. The van der Waals surface area contributed by atoms with E-state index in [4.69, 9.17) is 5.73 Å². The summed E-state index contributed by atoms with van der Waals surface area (Å²) in [4.78, 5) is 14.1. The molecule has 1 unspecified atom stereocenters. The van der Waals surface area contributed by atoms with E-state index >= 15 is 0 Å². The first-order valence-electron chi connectivity index (χ1n) is 6.58. The van der Waals surface area contributed by atoms with Gasteiger partial charge in [0.15, 0.2) is 0 Å². The van der Waals surface area contributed by atoms with Crippen molar-refractivity contribution in [2.24, 2.45) is 11.7 Å². The lowest BCUT2D eigenvalue weighted by atomic mass is 10.1. The van der Waals surface area contributed by atoms with Crippen molar-refractivity contribution < 1.29 is 4.79 Å². The first-order chi connectivity index (χ1) is 8.54. The molecule has 0 saturated carbocycles. The van der Waals surface area contributed by atoms with Gasteiger partial charge in [-0.15, -0.1) is 0 Å². The van der Waals surface area contributed by atoms with Gasteiger partial charge in [0.25, 0.3) is 0 Å². The van der Waals surface area contributed by atoms with E-state index in [1.807, 2.05) is 43.9 Å². The molecule has 1 rings (SSSR count). The molecule has 1 amide bonds. The highest BCUT2D eigenvalue weighted by molar-refractivity contribution is 5.76. The molecule has 3 heteroatoms. The lowest BCUT2D eigenvalue weighted by Crippen LogP contribution is -2.37. The number of nitrogens with two attached hydrogens (primary N) is 1. The normalized spacial score (nSPS) is 12.5. The highest BCUT2D eigenvalue weighted by atomic mass is 16.2. The summed E-state index contributed by atoms with van der Waals surface area (Å²) in [5.41, 5.74) is 6.75. The van der Waals surface area contributed by atoms with Gasteiger partial charge in [0.1, 0.15) is 0 Å². The van der Waals surface area contributed by atoms with E-state index in [0.29, 0.717) is 19.5 Å². The Morgan fingerprint density at radius 3 is 2.33 bits per heavy atom. The molecule has 0 bridgehead atoms. The Morgan fingerprint density at radius 2 is 1.83 bits per heavy atom. The van der Waals surface area contributed by atoms with E-state index in [-0.39, 0.29) is 17.9 Å². The highest BCUT2D eigenvalue weighted by Gasteiger charge is 2.18. The number of carbonyl (C=O) groups excluding carboxylic acids is 1. The average molecular weight is 248 g/mol. The molecular weight excluding hydrogens is 224 g/mol. The Kier molecular flexibility index (Phi) is 5.86. The van der Waals surface area contributed by atoms with Gasteiger partial charge in [-0.2, -0.15) is 0 Å². The van der Waals surface area contributed by atoms with Gasteiger partial charge in [-0.05, 0) is 31.9 Å². The van der Waals surface area contributed by atoms with Gasteiger partial charge in [-0.3, -0.25) is 4.79 Å². The summed E-state index contributed by atoms with van der Waals surface area (Å²) in [7, 11) is 0. The summed E-state index contributed by atoms with van der Waals surface area (Å²) in [6.45, 7) is 7.35. The van der Waals surface area contributed by atoms with Gasteiger partial charge >= 0.3 is 0 Å². The van der Waals surface area contributed by atoms with Gasteiger partial charge in [0, 0.05) is 19.0 Å². The summed E-state index contributed by atoms with van der Waals surface area (Å²) in [5.74, 6) is 0.432. The molecule has 0 aromatic heterocycles. The van der Waals surface area contributed by atoms with Crippen molar-refractivity contribution in [3.05, 3.63) is 35.9 Å². The summed E-state index contributed by atoms with van der Waals surface area (Å²) in [6.07, 6.45) is 0.529. The predicted octanol–water partition coefficient (Wildman–Crippen LogP) is 2.41. The first-order valence-corrected chi connectivity index (χ1v) is 6.58. The molecule has 0 heterocycles. The lowest BCUT2D eigenvalue weighted by molar-refractivity contribution is -0.134. The minimum Gasteiger partial charge on any atom is -0.336 e. The molecule has 100 valence electrons. The molecule has 0 radical (unpaired) electrons. The maximum atomic E-state index is 12.2. The summed E-state index contributed by atoms with van der Waals surface area (Å²) >= 11 is 0. The van der Waals surface area contributed by atoms with Crippen molar-refractivity contribution in [1.82, 2.24) is 4.90 Å². The van der Waals surface area contributed by atoms with E-state index in [2.05, 4.69) is 12.1 Å². The Hall–Kier alpha value is -1.35. The molecule has 0 spiro atoms. The summed E-state index contributed by atoms with van der Waals surface area (Å²) in [5, 5.41) is 0. The fourth-order valence-corrected chi connectivity index (χ4v) is 1.84. The fourth-order valence-electron chi connectivity index (χ4n) is 1.84. The second kappa shape index (κ2) is 7.17. The van der Waals surface area contributed by atoms with E-state index in [9.17, 15) is 4.79 Å². The number of nitrogens with zero attached hydrogens (tertiary/aromatic N) is 1. The molecule has 3 nitrogen and oxygen atoms in total. The Balaban J connectivity index is 2.68. The third-order valence-corrected chi connectivity index (χ3v) is 3.06. The third-order valence-electron chi connectivity index (χ3n) is 3.06. The Morgan fingerprint density at radius 1 is 1.22 bits per heavy atom. The average Bonchev–Trinajstić information content (AvgIpc) is 2.36. The van der Waals surface area contributed by atoms with Gasteiger partial charge in [-0.1, -0.05) is 37.3 Å². The van der Waals surface area contributed by atoms with Crippen LogP contribution in [0.5, 0.6) is 0 Å². The molecule has 0 aliphatic rings. The van der Waals surface area contributed by atoms with Crippen molar-refractivity contribution in [3.63, 3.8) is 0 Å². The minimum absolute atomic E-state index is 0.187. The smallest absolute Gasteiger partial charge is 0.223 e. The van der Waals surface area contributed by atoms with Crippen molar-refractivity contribution in [2.75, 3.05) is 6.54 Å². The van der Waals surface area contributed by atoms with E-state index < -0.39 is 0 Å². The minimum atomic E-state index is 0.187. The number of rotatable bonds is 6. The zero-order chi connectivity index (χ0) is 13.5. The monoisotopic (exact) mass is 248 g/mol. The van der Waals surface area contributed by atoms with Crippen molar-refractivity contribution in [3.8, 4) is 0 Å². The topological polar surface area (TPSA) is 46.3 Å². The second-order valence-corrected chi connectivity index (χ2v) is 5.15. The molecular formula is C15H24N2O. The maximum Gasteiger partial charge on any atom is 0.223 e. The Bertz CT molecular complexity index is 362. The Labute approximate surface area is 110 Å². The second-order valence-electron chi connectivity index (χ2n) is 5.15. The van der Waals surface area contributed by atoms with E-state index in [0.717, 1.165) is 0 Å². The van der Waals surface area contributed by atoms with Crippen LogP contribution >= 0.6 is 0 Å². The molecule has 1 atom stereocenters. The highest BCUT2D eigenvalue weighted by Crippen LogP contribution is 2.12. The number of amides is 1. The van der Waals surface area contributed by atoms with Gasteiger partial charge in [0.2, 0.25) is 5.91 Å². The molecule has 1 aromatic carbocycles. The molecule has 0 fully saturated rings. The van der Waals surface area contributed by atoms with Gasteiger partial charge in [0.05, 0.1) is 0 Å². The standard InChI is InChI=1S/C15H24N2O/c1-12(2)17(15(18)9-13(3)10-16)11-14-7-5-4-6-8-14/h4-8,12-13H,9-11,16H2,1-3H3. The van der Waals surface area contributed by atoms with Crippen LogP contribution in [0.1, 0.15) is 32.8 Å². The zero-order valence-electron chi connectivity index (χ0n) is 11.6. The van der Waals surface area contributed by atoms with Crippen LogP contribution in [-0.2, 0) is 11.3 Å². The number of hydrogen-bond donors (Lipinski definition) is 1. The maximum absolute atomic E-state index is 12.2. The molecule has 0 saturated heterocycles. The predicted molar refractivity (Wildman–Crippen MR) is 75.0 cm³/mol. The lowest BCUT2D eigenvalue weighted by Gasteiger charge is -2.28. The van der Waals surface area contributed by atoms with Crippen molar-refractivity contribution in [2.45, 2.75) is 39.8 Å². The largest absolute Gasteiger partial charge is 0.336 e. The molecule has 18 heavy (non-hydrogen) atoms. The van der Waals surface area contributed by atoms with E-state index in [1.54, 1.807) is 0 Å². The van der Waals surface area contributed by atoms with Crippen LogP contribution in [0.25, 0.3) is 0 Å². The number of carbonyl (C=O) groups is 1. The molecule has 0 aliphatic carbocycles. The summed E-state index contributed by atoms with van der Waals surface area (Å²) in [6, 6.07) is 10.3. The van der Waals surface area contributed by atoms with Crippen LogP contribution in [0, 0.1) is 5.92 Å². The molecule has 2 N–H and O–H groups in total. The SMILES string of the molecule is CC(CN)CC(=O)N(Cc1ccccc1)C(C)C. The molecule has 0 aliphatic heterocycles. The quantitative estimate of drug-likeness (QED) is 0.840. The van der Waals surface area contributed by atoms with Crippen LogP contribution < -0.4 is 5.73 Å². The van der Waals surface area contributed by atoms with Crippen molar-refractivity contribution in [1.29, 1.82) is 0 Å². The van der Waals surface area contributed by atoms with Crippen molar-refractivity contribution >= 4 is 5.91 Å². The number of hydrogen-bond acceptors (Lipinski definition) is 2. The van der Waals surface area contributed by atoms with Crippen LogP contribution in [0.15, 0.2) is 30.3 Å². The fraction of sp³-hybridized carbons (Fsp3) is 0.533. The zero-order valence-corrected chi connectivity index (χ0v) is 11.6. The van der Waals surface area contributed by atoms with Crippen LogP contribution in [0.3, 0.4) is 0 Å². The van der Waals surface area contributed by atoms with Crippen LogP contribution in [0.2, 0.25) is 0 Å². The van der Waals surface area contributed by atoms with Crippen LogP contribution in [-0.4, -0.2) is 23.4 Å². The number of benzene rings is 1.